The van der Waals surface area contributed by atoms with Crippen molar-refractivity contribution in [2.75, 3.05) is 27.2 Å². The largest absolute Gasteiger partial charge is 0.320 e. The zero-order valence-electron chi connectivity index (χ0n) is 10.9. The van der Waals surface area contributed by atoms with E-state index in [9.17, 15) is 8.42 Å². The Labute approximate surface area is 118 Å². The van der Waals surface area contributed by atoms with Crippen LogP contribution in [0.3, 0.4) is 0 Å². The van der Waals surface area contributed by atoms with Gasteiger partial charge in [0.25, 0.3) is 0 Å². The Hall–Kier alpha value is -0.430. The van der Waals surface area contributed by atoms with E-state index in [-0.39, 0.29) is 0 Å². The second-order valence-corrected chi connectivity index (χ2v) is 7.09. The van der Waals surface area contributed by atoms with Crippen LogP contribution < -0.4 is 5.32 Å². The summed E-state index contributed by atoms with van der Waals surface area (Å²) in [6.07, 6.45) is 0.787. The molecule has 0 amide bonds. The molecule has 0 aliphatic carbocycles. The Morgan fingerprint density at radius 2 is 2.06 bits per heavy atom. The Morgan fingerprint density at radius 1 is 1.39 bits per heavy atom. The summed E-state index contributed by atoms with van der Waals surface area (Å²) in [5, 5.41) is 3.00. The van der Waals surface area contributed by atoms with Crippen LogP contribution in [-0.2, 0) is 10.0 Å². The summed E-state index contributed by atoms with van der Waals surface area (Å²) >= 11 is 3.31. The molecule has 0 radical (unpaired) electrons. The standard InChI is InChI=1S/C12H19BrN2O2S/c1-10-5-6-12(11(13)9-10)18(16,17)15(3)8-4-7-14-2/h5-6,9,14H,4,7-8H2,1-3H3. The molecule has 4 nitrogen and oxygen atoms in total. The van der Waals surface area contributed by atoms with E-state index in [1.54, 1.807) is 19.2 Å². The van der Waals surface area contributed by atoms with Crippen LogP contribution >= 0.6 is 15.9 Å². The van der Waals surface area contributed by atoms with Crippen molar-refractivity contribution in [3.05, 3.63) is 28.2 Å². The highest BCUT2D eigenvalue weighted by atomic mass is 79.9. The molecule has 6 heteroatoms. The number of hydrogen-bond acceptors (Lipinski definition) is 3. The summed E-state index contributed by atoms with van der Waals surface area (Å²) in [7, 11) is 0.0525. The molecule has 0 atom stereocenters. The fraction of sp³-hybridized carbons (Fsp3) is 0.500. The van der Waals surface area contributed by atoms with E-state index in [2.05, 4.69) is 21.2 Å². The lowest BCUT2D eigenvalue weighted by Crippen LogP contribution is -2.29. The van der Waals surface area contributed by atoms with Gasteiger partial charge in [0.1, 0.15) is 0 Å². The first-order valence-corrected chi connectivity index (χ1v) is 8.00. The minimum Gasteiger partial charge on any atom is -0.320 e. The highest BCUT2D eigenvalue weighted by Gasteiger charge is 2.22. The first-order valence-electron chi connectivity index (χ1n) is 5.76. The first kappa shape index (κ1) is 15.6. The average Bonchev–Trinajstić information content (AvgIpc) is 2.28. The van der Waals surface area contributed by atoms with Crippen LogP contribution in [-0.4, -0.2) is 39.9 Å². The molecule has 1 rings (SSSR count). The number of benzene rings is 1. The minimum atomic E-state index is -3.41. The van der Waals surface area contributed by atoms with Crippen molar-refractivity contribution < 1.29 is 8.42 Å². The van der Waals surface area contributed by atoms with Gasteiger partial charge in [0, 0.05) is 18.1 Å². The highest BCUT2D eigenvalue weighted by molar-refractivity contribution is 9.10. The van der Waals surface area contributed by atoms with Crippen LogP contribution in [0.1, 0.15) is 12.0 Å². The van der Waals surface area contributed by atoms with Crippen molar-refractivity contribution in [2.24, 2.45) is 0 Å². The number of nitrogens with one attached hydrogen (secondary N) is 1. The van der Waals surface area contributed by atoms with Crippen LogP contribution in [0.25, 0.3) is 0 Å². The molecular formula is C12H19BrN2O2S. The van der Waals surface area contributed by atoms with E-state index in [0.717, 1.165) is 18.5 Å². The third-order valence-corrected chi connectivity index (χ3v) is 5.51. The topological polar surface area (TPSA) is 49.4 Å². The smallest absolute Gasteiger partial charge is 0.243 e. The van der Waals surface area contributed by atoms with Crippen molar-refractivity contribution in [1.82, 2.24) is 9.62 Å². The quantitative estimate of drug-likeness (QED) is 0.809. The number of nitrogens with zero attached hydrogens (tertiary/aromatic N) is 1. The number of aryl methyl sites for hydroxylation is 1. The Morgan fingerprint density at radius 3 is 2.61 bits per heavy atom. The van der Waals surface area contributed by atoms with E-state index in [1.165, 1.54) is 4.31 Å². The van der Waals surface area contributed by atoms with Gasteiger partial charge in [0.2, 0.25) is 10.0 Å². The second kappa shape index (κ2) is 6.65. The fourth-order valence-corrected chi connectivity index (χ4v) is 3.94. The van der Waals surface area contributed by atoms with Crippen molar-refractivity contribution in [1.29, 1.82) is 0 Å². The number of rotatable bonds is 6. The molecule has 0 aromatic heterocycles. The minimum absolute atomic E-state index is 0.319. The van der Waals surface area contributed by atoms with Crippen LogP contribution in [0.15, 0.2) is 27.6 Å². The Balaban J connectivity index is 2.91. The molecule has 1 aromatic rings. The van der Waals surface area contributed by atoms with Gasteiger partial charge < -0.3 is 5.32 Å². The lowest BCUT2D eigenvalue weighted by molar-refractivity contribution is 0.457. The molecule has 0 saturated heterocycles. The number of halogens is 1. The van der Waals surface area contributed by atoms with Gasteiger partial charge in [0.15, 0.2) is 0 Å². The SMILES string of the molecule is CNCCCN(C)S(=O)(=O)c1ccc(C)cc1Br. The van der Waals surface area contributed by atoms with Crippen LogP contribution in [0, 0.1) is 6.92 Å². The number of hydrogen-bond donors (Lipinski definition) is 1. The van der Waals surface area contributed by atoms with E-state index in [0.29, 0.717) is 15.9 Å². The van der Waals surface area contributed by atoms with Gasteiger partial charge in [-0.3, -0.25) is 0 Å². The van der Waals surface area contributed by atoms with Gasteiger partial charge in [-0.1, -0.05) is 6.07 Å². The molecule has 1 N–H and O–H groups in total. The average molecular weight is 335 g/mol. The molecular weight excluding hydrogens is 316 g/mol. The first-order chi connectivity index (χ1) is 8.39. The Bertz CT molecular complexity index is 503. The third-order valence-electron chi connectivity index (χ3n) is 2.68. The van der Waals surface area contributed by atoms with Gasteiger partial charge in [-0.25, -0.2) is 12.7 Å². The van der Waals surface area contributed by atoms with Crippen molar-refractivity contribution in [3.63, 3.8) is 0 Å². The molecule has 102 valence electrons. The van der Waals surface area contributed by atoms with Gasteiger partial charge in [0.05, 0.1) is 4.90 Å². The predicted molar refractivity (Wildman–Crippen MR) is 77.2 cm³/mol. The summed E-state index contributed by atoms with van der Waals surface area (Å²) in [4.78, 5) is 0.319. The molecule has 0 aliphatic heterocycles. The number of sulfonamides is 1. The van der Waals surface area contributed by atoms with Gasteiger partial charge in [-0.15, -0.1) is 0 Å². The molecule has 0 unspecified atom stereocenters. The second-order valence-electron chi connectivity index (χ2n) is 4.22. The fourth-order valence-electron chi connectivity index (χ4n) is 1.58. The molecule has 0 saturated carbocycles. The van der Waals surface area contributed by atoms with Crippen LogP contribution in [0.4, 0.5) is 0 Å². The maximum absolute atomic E-state index is 12.3. The summed E-state index contributed by atoms with van der Waals surface area (Å²) in [6.45, 7) is 3.23. The molecule has 0 aliphatic rings. The van der Waals surface area contributed by atoms with Crippen LogP contribution in [0.5, 0.6) is 0 Å². The molecule has 0 fully saturated rings. The maximum atomic E-state index is 12.3. The monoisotopic (exact) mass is 334 g/mol. The van der Waals surface area contributed by atoms with E-state index in [1.807, 2.05) is 20.0 Å². The molecule has 18 heavy (non-hydrogen) atoms. The molecule has 0 bridgehead atoms. The normalized spacial score (nSPS) is 12.1. The molecule has 0 spiro atoms. The van der Waals surface area contributed by atoms with Gasteiger partial charge >= 0.3 is 0 Å². The Kier molecular flexibility index (Phi) is 5.78. The lowest BCUT2D eigenvalue weighted by Gasteiger charge is -2.18. The van der Waals surface area contributed by atoms with Crippen molar-refractivity contribution >= 4 is 26.0 Å². The van der Waals surface area contributed by atoms with Crippen molar-refractivity contribution in [3.8, 4) is 0 Å². The maximum Gasteiger partial charge on any atom is 0.243 e. The third kappa shape index (κ3) is 3.78. The van der Waals surface area contributed by atoms with Gasteiger partial charge in [-0.05, 0) is 60.6 Å². The summed E-state index contributed by atoms with van der Waals surface area (Å²) in [5.41, 5.74) is 1.03. The summed E-state index contributed by atoms with van der Waals surface area (Å²) < 4.78 is 26.7. The van der Waals surface area contributed by atoms with Gasteiger partial charge in [-0.2, -0.15) is 0 Å². The van der Waals surface area contributed by atoms with E-state index in [4.69, 9.17) is 0 Å². The van der Waals surface area contributed by atoms with E-state index >= 15 is 0 Å². The van der Waals surface area contributed by atoms with Crippen molar-refractivity contribution in [2.45, 2.75) is 18.2 Å². The van der Waals surface area contributed by atoms with E-state index < -0.39 is 10.0 Å². The zero-order valence-corrected chi connectivity index (χ0v) is 13.3. The zero-order chi connectivity index (χ0) is 13.8. The predicted octanol–water partition coefficient (Wildman–Crippen LogP) is 1.99. The summed E-state index contributed by atoms with van der Waals surface area (Å²) in [5.74, 6) is 0. The highest BCUT2D eigenvalue weighted by Crippen LogP contribution is 2.25. The lowest BCUT2D eigenvalue weighted by atomic mass is 10.2. The molecule has 0 heterocycles. The van der Waals surface area contributed by atoms with Crippen LogP contribution in [0.2, 0.25) is 0 Å². The summed E-state index contributed by atoms with van der Waals surface area (Å²) in [6, 6.07) is 5.26. The molecule has 1 aromatic carbocycles.